The molecule has 0 aromatic rings. The van der Waals surface area contributed by atoms with Gasteiger partial charge in [0.25, 0.3) is 0 Å². The van der Waals surface area contributed by atoms with E-state index in [2.05, 4.69) is 26.8 Å². The topological polar surface area (TPSA) is 17.1 Å². The highest BCUT2D eigenvalue weighted by atomic mass is 16.1. The molecule has 15 heavy (non-hydrogen) atoms. The third kappa shape index (κ3) is 4.19. The van der Waals surface area contributed by atoms with Crippen molar-refractivity contribution in [2.75, 3.05) is 0 Å². The van der Waals surface area contributed by atoms with Gasteiger partial charge in [-0.1, -0.05) is 32.4 Å². The van der Waals surface area contributed by atoms with E-state index in [4.69, 9.17) is 0 Å². The molecule has 2 atom stereocenters. The van der Waals surface area contributed by atoms with Crippen LogP contribution in [0.1, 0.15) is 52.9 Å². The number of carbonyl (C=O) groups excluding carboxylic acids is 1. The van der Waals surface area contributed by atoms with E-state index in [1.165, 1.54) is 19.3 Å². The Labute approximate surface area is 93.9 Å². The van der Waals surface area contributed by atoms with Crippen molar-refractivity contribution in [1.29, 1.82) is 0 Å². The van der Waals surface area contributed by atoms with Gasteiger partial charge in [-0.25, -0.2) is 0 Å². The summed E-state index contributed by atoms with van der Waals surface area (Å²) < 4.78 is 0. The van der Waals surface area contributed by atoms with Crippen LogP contribution in [0.5, 0.6) is 0 Å². The Morgan fingerprint density at radius 2 is 2.27 bits per heavy atom. The van der Waals surface area contributed by atoms with Crippen LogP contribution in [0.2, 0.25) is 0 Å². The molecule has 0 amide bonds. The lowest BCUT2D eigenvalue weighted by Crippen LogP contribution is -2.17. The summed E-state index contributed by atoms with van der Waals surface area (Å²) in [6.45, 7) is 6.90. The molecular formula is C14H24O. The zero-order valence-electron chi connectivity index (χ0n) is 10.3. The van der Waals surface area contributed by atoms with Crippen LogP contribution in [0.15, 0.2) is 11.6 Å². The molecule has 0 aromatic carbocycles. The lowest BCUT2D eigenvalue weighted by Gasteiger charge is -2.29. The summed E-state index contributed by atoms with van der Waals surface area (Å²) in [7, 11) is 0. The van der Waals surface area contributed by atoms with Crippen molar-refractivity contribution >= 4 is 6.29 Å². The van der Waals surface area contributed by atoms with Crippen LogP contribution >= 0.6 is 0 Å². The van der Waals surface area contributed by atoms with Gasteiger partial charge >= 0.3 is 0 Å². The van der Waals surface area contributed by atoms with Crippen LogP contribution in [-0.4, -0.2) is 6.29 Å². The van der Waals surface area contributed by atoms with Crippen LogP contribution < -0.4 is 0 Å². The molecule has 0 saturated heterocycles. The molecule has 0 aromatic heterocycles. The first-order chi connectivity index (χ1) is 7.13. The Balaban J connectivity index is 2.43. The van der Waals surface area contributed by atoms with Crippen molar-refractivity contribution in [3.8, 4) is 0 Å². The molecule has 1 aliphatic carbocycles. The molecule has 1 heteroatoms. The minimum Gasteiger partial charge on any atom is -0.303 e. The molecule has 0 saturated carbocycles. The van der Waals surface area contributed by atoms with Gasteiger partial charge in [0.2, 0.25) is 0 Å². The molecule has 0 fully saturated rings. The van der Waals surface area contributed by atoms with Crippen molar-refractivity contribution in [2.24, 2.45) is 17.8 Å². The number of hydrogen-bond donors (Lipinski definition) is 0. The van der Waals surface area contributed by atoms with Crippen molar-refractivity contribution in [1.82, 2.24) is 0 Å². The number of rotatable bonds is 5. The van der Waals surface area contributed by atoms with E-state index < -0.39 is 0 Å². The molecule has 0 bridgehead atoms. The Hall–Kier alpha value is -0.590. The molecule has 0 heterocycles. The summed E-state index contributed by atoms with van der Waals surface area (Å²) >= 11 is 0. The fourth-order valence-corrected chi connectivity index (χ4v) is 2.59. The van der Waals surface area contributed by atoms with Crippen LogP contribution in [0, 0.1) is 17.8 Å². The van der Waals surface area contributed by atoms with Crippen LogP contribution in [-0.2, 0) is 4.79 Å². The molecule has 0 N–H and O–H groups in total. The highest BCUT2D eigenvalue weighted by Crippen LogP contribution is 2.34. The molecule has 0 radical (unpaired) electrons. The number of hydrogen-bond acceptors (Lipinski definition) is 1. The van der Waals surface area contributed by atoms with Gasteiger partial charge in [-0.3, -0.25) is 0 Å². The highest BCUT2D eigenvalue weighted by molar-refractivity contribution is 5.49. The minimum absolute atomic E-state index is 0.738. The Kier molecular flexibility index (Phi) is 5.07. The average Bonchev–Trinajstić information content (AvgIpc) is 2.15. The average molecular weight is 208 g/mol. The monoisotopic (exact) mass is 208 g/mol. The predicted octanol–water partition coefficient (Wildman–Crippen LogP) is 3.98. The standard InChI is InChI=1S/C14H24O/c1-11(2)9-13-6-7-14(5-4-8-15)12(3)10-13/h6,8,11-12,14H,4-5,7,9-10H2,1-3H3/t12-,14?/m1/s1. The predicted molar refractivity (Wildman–Crippen MR) is 64.7 cm³/mol. The second-order valence-corrected chi connectivity index (χ2v) is 5.38. The van der Waals surface area contributed by atoms with Gasteiger partial charge in [0.1, 0.15) is 6.29 Å². The van der Waals surface area contributed by atoms with E-state index in [0.717, 1.165) is 36.9 Å². The van der Waals surface area contributed by atoms with E-state index in [9.17, 15) is 4.79 Å². The van der Waals surface area contributed by atoms with Gasteiger partial charge in [-0.15, -0.1) is 0 Å². The SMILES string of the molecule is CC(C)CC1=CCC(CCC=O)[C@H](C)C1. The van der Waals surface area contributed by atoms with E-state index in [1.54, 1.807) is 5.57 Å². The third-order valence-corrected chi connectivity index (χ3v) is 3.42. The van der Waals surface area contributed by atoms with Crippen molar-refractivity contribution < 1.29 is 4.79 Å². The Morgan fingerprint density at radius 1 is 1.53 bits per heavy atom. The normalized spacial score (nSPS) is 26.5. The molecule has 0 aliphatic heterocycles. The van der Waals surface area contributed by atoms with Gasteiger partial charge in [0.15, 0.2) is 0 Å². The maximum absolute atomic E-state index is 10.3. The van der Waals surface area contributed by atoms with Gasteiger partial charge in [-0.2, -0.15) is 0 Å². The van der Waals surface area contributed by atoms with Gasteiger partial charge in [0, 0.05) is 6.42 Å². The van der Waals surface area contributed by atoms with Crippen LogP contribution in [0.3, 0.4) is 0 Å². The van der Waals surface area contributed by atoms with E-state index in [0.29, 0.717) is 0 Å². The lowest BCUT2D eigenvalue weighted by molar-refractivity contribution is -0.108. The number of carbonyl (C=O) groups is 1. The maximum Gasteiger partial charge on any atom is 0.120 e. The summed E-state index contributed by atoms with van der Waals surface area (Å²) in [5.74, 6) is 2.28. The third-order valence-electron chi connectivity index (χ3n) is 3.42. The Bertz CT molecular complexity index is 227. The van der Waals surface area contributed by atoms with Gasteiger partial charge < -0.3 is 4.79 Å². The molecular weight excluding hydrogens is 184 g/mol. The number of allylic oxidation sites excluding steroid dienone is 2. The summed E-state index contributed by atoms with van der Waals surface area (Å²) in [5.41, 5.74) is 1.64. The fourth-order valence-electron chi connectivity index (χ4n) is 2.59. The number of aldehydes is 1. The van der Waals surface area contributed by atoms with E-state index in [1.807, 2.05) is 0 Å². The smallest absolute Gasteiger partial charge is 0.120 e. The van der Waals surface area contributed by atoms with Gasteiger partial charge in [-0.05, 0) is 43.4 Å². The molecule has 1 nitrogen and oxygen atoms in total. The quantitative estimate of drug-likeness (QED) is 0.493. The van der Waals surface area contributed by atoms with E-state index in [-0.39, 0.29) is 0 Å². The summed E-state index contributed by atoms with van der Waals surface area (Å²) in [6.07, 6.45) is 9.00. The molecule has 1 aliphatic rings. The summed E-state index contributed by atoms with van der Waals surface area (Å²) in [6, 6.07) is 0. The second kappa shape index (κ2) is 6.09. The summed E-state index contributed by atoms with van der Waals surface area (Å²) in [5, 5.41) is 0. The Morgan fingerprint density at radius 3 is 2.80 bits per heavy atom. The van der Waals surface area contributed by atoms with Crippen molar-refractivity contribution in [2.45, 2.75) is 52.9 Å². The van der Waals surface area contributed by atoms with Crippen LogP contribution in [0.4, 0.5) is 0 Å². The van der Waals surface area contributed by atoms with Crippen molar-refractivity contribution in [3.05, 3.63) is 11.6 Å². The van der Waals surface area contributed by atoms with Gasteiger partial charge in [0.05, 0.1) is 0 Å². The molecule has 1 rings (SSSR count). The zero-order chi connectivity index (χ0) is 11.3. The first-order valence-corrected chi connectivity index (χ1v) is 6.25. The second-order valence-electron chi connectivity index (χ2n) is 5.38. The summed E-state index contributed by atoms with van der Waals surface area (Å²) in [4.78, 5) is 10.3. The fraction of sp³-hybridized carbons (Fsp3) is 0.786. The highest BCUT2D eigenvalue weighted by Gasteiger charge is 2.21. The maximum atomic E-state index is 10.3. The molecule has 1 unspecified atom stereocenters. The van der Waals surface area contributed by atoms with Crippen molar-refractivity contribution in [3.63, 3.8) is 0 Å². The zero-order valence-corrected chi connectivity index (χ0v) is 10.3. The first kappa shape index (κ1) is 12.5. The minimum atomic E-state index is 0.738. The van der Waals surface area contributed by atoms with Crippen LogP contribution in [0.25, 0.3) is 0 Å². The van der Waals surface area contributed by atoms with E-state index >= 15 is 0 Å². The first-order valence-electron chi connectivity index (χ1n) is 6.25. The molecule has 86 valence electrons. The largest absolute Gasteiger partial charge is 0.303 e. The molecule has 0 spiro atoms. The lowest BCUT2D eigenvalue weighted by atomic mass is 9.77.